The van der Waals surface area contributed by atoms with Crippen LogP contribution >= 0.6 is 0 Å². The van der Waals surface area contributed by atoms with E-state index < -0.39 is 0 Å². The van der Waals surface area contributed by atoms with Crippen molar-refractivity contribution in [2.75, 3.05) is 27.3 Å². The van der Waals surface area contributed by atoms with Crippen LogP contribution in [0.2, 0.25) is 0 Å². The fourth-order valence-electron chi connectivity index (χ4n) is 7.22. The van der Waals surface area contributed by atoms with Crippen LogP contribution in [-0.4, -0.2) is 50.0 Å². The molecule has 8 aromatic carbocycles. The summed E-state index contributed by atoms with van der Waals surface area (Å²) in [5, 5.41) is 31.5. The molecule has 0 atom stereocenters. The average Bonchev–Trinajstić information content (AvgIpc) is 3.19. The molecule has 8 rings (SSSR count). The van der Waals surface area contributed by atoms with Crippen LogP contribution in [0.4, 0.5) is 0 Å². The molecule has 0 unspecified atom stereocenters. The Labute approximate surface area is 301 Å². The minimum Gasteiger partial charge on any atom is -0.507 e. The minimum atomic E-state index is 0.137. The summed E-state index contributed by atoms with van der Waals surface area (Å²) in [6, 6.07) is 44.1. The number of benzene rings is 8. The van der Waals surface area contributed by atoms with Gasteiger partial charge >= 0.3 is 0 Å². The summed E-state index contributed by atoms with van der Waals surface area (Å²) < 4.78 is 11.6. The van der Waals surface area contributed by atoms with E-state index in [-0.39, 0.29) is 11.5 Å². The molecule has 0 aromatic heterocycles. The fourth-order valence-corrected chi connectivity index (χ4v) is 7.22. The van der Waals surface area contributed by atoms with E-state index in [9.17, 15) is 10.2 Å². The second kappa shape index (κ2) is 13.9. The molecule has 6 heteroatoms. The summed E-state index contributed by atoms with van der Waals surface area (Å²) in [6.07, 6.45) is 3.41. The number of rotatable bonds is 9. The number of hydrogen-bond donors (Lipinski definition) is 2. The molecule has 0 amide bonds. The number of hydrogen-bond acceptors (Lipinski definition) is 6. The summed E-state index contributed by atoms with van der Waals surface area (Å²) in [7, 11) is 3.30. The Bertz CT molecular complexity index is 2510. The molecule has 0 heterocycles. The van der Waals surface area contributed by atoms with Gasteiger partial charge in [0, 0.05) is 45.8 Å². The highest BCUT2D eigenvalue weighted by molar-refractivity contribution is 6.13. The number of nitrogens with zero attached hydrogens (tertiary/aromatic N) is 2. The van der Waals surface area contributed by atoms with Crippen molar-refractivity contribution in [1.82, 2.24) is 0 Å². The molecule has 0 radical (unpaired) electrons. The van der Waals surface area contributed by atoms with E-state index in [2.05, 4.69) is 34.3 Å². The van der Waals surface area contributed by atoms with Gasteiger partial charge in [-0.15, -0.1) is 0 Å². The normalized spacial score (nSPS) is 11.8. The Morgan fingerprint density at radius 1 is 0.442 bits per heavy atom. The second-order valence-electron chi connectivity index (χ2n) is 12.6. The van der Waals surface area contributed by atoms with Gasteiger partial charge in [0.1, 0.15) is 23.0 Å². The Morgan fingerprint density at radius 2 is 0.788 bits per heavy atom. The molecule has 6 nitrogen and oxygen atoms in total. The molecule has 2 N–H and O–H groups in total. The van der Waals surface area contributed by atoms with Gasteiger partial charge in [-0.05, 0) is 67.4 Å². The summed E-state index contributed by atoms with van der Waals surface area (Å²) in [6.45, 7) is 0.766. The van der Waals surface area contributed by atoms with Crippen molar-refractivity contribution < 1.29 is 19.7 Å². The van der Waals surface area contributed by atoms with Crippen LogP contribution in [0, 0.1) is 0 Å². The minimum absolute atomic E-state index is 0.137. The van der Waals surface area contributed by atoms with Crippen LogP contribution in [0.25, 0.3) is 65.3 Å². The molecule has 0 saturated heterocycles. The Hall–Kier alpha value is -6.66. The van der Waals surface area contributed by atoms with E-state index in [1.165, 1.54) is 0 Å². The maximum atomic E-state index is 11.8. The maximum absolute atomic E-state index is 11.8. The van der Waals surface area contributed by atoms with Crippen molar-refractivity contribution in [3.8, 4) is 45.3 Å². The quantitative estimate of drug-likeness (QED) is 0.117. The highest BCUT2D eigenvalue weighted by Crippen LogP contribution is 2.47. The first-order valence-corrected chi connectivity index (χ1v) is 17.2. The van der Waals surface area contributed by atoms with E-state index in [4.69, 9.17) is 9.47 Å². The monoisotopic (exact) mass is 680 g/mol. The Morgan fingerprint density at radius 3 is 1.17 bits per heavy atom. The van der Waals surface area contributed by atoms with Gasteiger partial charge in [0.05, 0.1) is 27.3 Å². The molecule has 254 valence electrons. The van der Waals surface area contributed by atoms with Gasteiger partial charge in [0.15, 0.2) is 0 Å². The molecule has 0 bridgehead atoms. The third-order valence-corrected chi connectivity index (χ3v) is 9.64. The zero-order chi connectivity index (χ0) is 35.6. The van der Waals surface area contributed by atoms with Gasteiger partial charge in [0.25, 0.3) is 0 Å². The first-order valence-electron chi connectivity index (χ1n) is 17.2. The number of aliphatic imine (C=N–C) groups is 2. The largest absolute Gasteiger partial charge is 0.507 e. The van der Waals surface area contributed by atoms with Crippen molar-refractivity contribution >= 4 is 55.5 Å². The molecule has 0 aliphatic rings. The fraction of sp³-hybridized carbons (Fsp3) is 0.0870. The molecule has 0 spiro atoms. The second-order valence-corrected chi connectivity index (χ2v) is 12.6. The lowest BCUT2D eigenvalue weighted by atomic mass is 9.90. The van der Waals surface area contributed by atoms with Crippen LogP contribution < -0.4 is 9.47 Å². The van der Waals surface area contributed by atoms with Crippen LogP contribution in [0.1, 0.15) is 11.1 Å². The van der Waals surface area contributed by atoms with Crippen molar-refractivity contribution in [3.05, 3.63) is 145 Å². The predicted octanol–water partition coefficient (Wildman–Crippen LogP) is 10.6. The molecule has 0 fully saturated rings. The van der Waals surface area contributed by atoms with Gasteiger partial charge in [-0.1, -0.05) is 109 Å². The zero-order valence-electron chi connectivity index (χ0n) is 28.9. The Kier molecular flexibility index (Phi) is 8.71. The van der Waals surface area contributed by atoms with Gasteiger partial charge in [0.2, 0.25) is 0 Å². The average molecular weight is 681 g/mol. The van der Waals surface area contributed by atoms with Gasteiger partial charge in [-0.2, -0.15) is 0 Å². The summed E-state index contributed by atoms with van der Waals surface area (Å²) in [4.78, 5) is 9.33. The van der Waals surface area contributed by atoms with Gasteiger partial charge < -0.3 is 19.7 Å². The van der Waals surface area contributed by atoms with Crippen molar-refractivity contribution in [2.24, 2.45) is 9.98 Å². The number of aromatic hydroxyl groups is 2. The number of fused-ring (bicyclic) bond motifs is 4. The van der Waals surface area contributed by atoms with E-state index in [0.29, 0.717) is 46.8 Å². The van der Waals surface area contributed by atoms with Crippen LogP contribution in [-0.2, 0) is 0 Å². The number of phenols is 2. The first kappa shape index (κ1) is 32.5. The third-order valence-electron chi connectivity index (χ3n) is 9.64. The number of phenolic OH excluding ortho intramolecular Hbond substituents is 2. The lowest BCUT2D eigenvalue weighted by Crippen LogP contribution is -1.96. The zero-order valence-corrected chi connectivity index (χ0v) is 28.9. The van der Waals surface area contributed by atoms with Crippen molar-refractivity contribution in [2.45, 2.75) is 0 Å². The standard InChI is InChI=1S/C46H36N2O4/c1-51-39-21-19-29-11-3-7-15-35(29)41(39)43-37-17-9-5-13-31(37)25-33(45(43)49)27-47-23-24-48-28-34-26-32-14-6-10-18-38(32)44(46(34)50)42-36-16-8-4-12-30(36)20-22-40(42)52-2/h3-22,25-28,49-50H,23-24H2,1-2H3. The van der Waals surface area contributed by atoms with Gasteiger partial charge in [-0.25, -0.2) is 0 Å². The summed E-state index contributed by atoms with van der Waals surface area (Å²) in [5.74, 6) is 1.64. The van der Waals surface area contributed by atoms with Crippen molar-refractivity contribution in [1.29, 1.82) is 0 Å². The Balaban J connectivity index is 1.12. The molecule has 0 aliphatic carbocycles. The molecular formula is C46H36N2O4. The highest BCUT2D eigenvalue weighted by atomic mass is 16.5. The van der Waals surface area contributed by atoms with Crippen LogP contribution in [0.15, 0.2) is 143 Å². The smallest absolute Gasteiger partial charge is 0.132 e. The van der Waals surface area contributed by atoms with E-state index in [0.717, 1.165) is 54.2 Å². The first-order chi connectivity index (χ1) is 25.6. The SMILES string of the molecule is COc1ccc2ccccc2c1-c1c(O)c(C=NCCN=Cc2cc3ccccc3c(-c3c(OC)ccc4ccccc34)c2O)cc2ccccc12. The van der Waals surface area contributed by atoms with Crippen LogP contribution in [0.3, 0.4) is 0 Å². The van der Waals surface area contributed by atoms with Crippen molar-refractivity contribution in [3.63, 3.8) is 0 Å². The lowest BCUT2D eigenvalue weighted by Gasteiger charge is -2.17. The molecule has 0 aliphatic heterocycles. The van der Waals surface area contributed by atoms with Gasteiger partial charge in [-0.3, -0.25) is 9.98 Å². The van der Waals surface area contributed by atoms with E-state index >= 15 is 0 Å². The third kappa shape index (κ3) is 5.74. The molecule has 8 aromatic rings. The maximum Gasteiger partial charge on any atom is 0.132 e. The lowest BCUT2D eigenvalue weighted by molar-refractivity contribution is 0.416. The molecular weight excluding hydrogens is 645 g/mol. The predicted molar refractivity (Wildman–Crippen MR) is 215 cm³/mol. The summed E-state index contributed by atoms with van der Waals surface area (Å²) in [5.41, 5.74) is 4.30. The van der Waals surface area contributed by atoms with E-state index in [1.807, 2.05) is 109 Å². The topological polar surface area (TPSA) is 83.6 Å². The molecule has 52 heavy (non-hydrogen) atoms. The van der Waals surface area contributed by atoms with Crippen LogP contribution in [0.5, 0.6) is 23.0 Å². The molecule has 0 saturated carbocycles. The number of methoxy groups -OCH3 is 2. The number of ether oxygens (including phenoxy) is 2. The highest BCUT2D eigenvalue weighted by Gasteiger charge is 2.21. The summed E-state index contributed by atoms with van der Waals surface area (Å²) >= 11 is 0. The van der Waals surface area contributed by atoms with E-state index in [1.54, 1.807) is 26.6 Å².